The van der Waals surface area contributed by atoms with Crippen LogP contribution >= 0.6 is 11.6 Å². The Hall–Kier alpha value is -1.02. The minimum atomic E-state index is 0.750. The topological polar surface area (TPSA) is 17.8 Å². The van der Waals surface area contributed by atoms with Gasteiger partial charge in [0.25, 0.3) is 0 Å². The molecule has 2 rings (SSSR count). The predicted molar refractivity (Wildman–Crippen MR) is 68.8 cm³/mol. The SMILES string of the molecule is CC(C)CCCn1cc2ccc(Cl)cc2n1. The standard InChI is InChI=1S/C13H17ClN2/c1-10(2)4-3-7-16-9-11-5-6-12(14)8-13(11)15-16/h5-6,8-10H,3-4,7H2,1-2H3. The van der Waals surface area contributed by atoms with Crippen LogP contribution in [0.1, 0.15) is 26.7 Å². The molecule has 0 aliphatic rings. The van der Waals surface area contributed by atoms with Gasteiger partial charge in [0.15, 0.2) is 0 Å². The first-order valence-electron chi connectivity index (χ1n) is 5.78. The molecule has 2 aromatic rings. The minimum absolute atomic E-state index is 0.750. The highest BCUT2D eigenvalue weighted by Gasteiger charge is 2.01. The average Bonchev–Trinajstić information content (AvgIpc) is 2.58. The number of aromatic nitrogens is 2. The molecule has 0 N–H and O–H groups in total. The van der Waals surface area contributed by atoms with Gasteiger partial charge in [-0.1, -0.05) is 25.4 Å². The van der Waals surface area contributed by atoms with Crippen LogP contribution in [0, 0.1) is 5.92 Å². The monoisotopic (exact) mass is 236 g/mol. The number of nitrogens with zero attached hydrogens (tertiary/aromatic N) is 2. The second-order valence-electron chi connectivity index (χ2n) is 4.63. The maximum absolute atomic E-state index is 5.92. The van der Waals surface area contributed by atoms with Crippen molar-refractivity contribution in [1.29, 1.82) is 0 Å². The zero-order chi connectivity index (χ0) is 11.5. The van der Waals surface area contributed by atoms with E-state index >= 15 is 0 Å². The van der Waals surface area contributed by atoms with Crippen molar-refractivity contribution in [3.63, 3.8) is 0 Å². The third-order valence-corrected chi connectivity index (χ3v) is 2.92. The third kappa shape index (κ3) is 2.76. The molecule has 1 heterocycles. The molecule has 86 valence electrons. The van der Waals surface area contributed by atoms with E-state index in [9.17, 15) is 0 Å². The molecule has 0 atom stereocenters. The summed E-state index contributed by atoms with van der Waals surface area (Å²) in [5.74, 6) is 0.763. The van der Waals surface area contributed by atoms with Gasteiger partial charge < -0.3 is 0 Å². The lowest BCUT2D eigenvalue weighted by Crippen LogP contribution is -1.99. The lowest BCUT2D eigenvalue weighted by molar-refractivity contribution is 0.492. The summed E-state index contributed by atoms with van der Waals surface area (Å²) in [5, 5.41) is 6.41. The van der Waals surface area contributed by atoms with Crippen LogP contribution in [0.5, 0.6) is 0 Å². The molecule has 0 bridgehead atoms. The summed E-state index contributed by atoms with van der Waals surface area (Å²) in [7, 11) is 0. The molecular weight excluding hydrogens is 220 g/mol. The molecule has 3 heteroatoms. The largest absolute Gasteiger partial charge is 0.272 e. The van der Waals surface area contributed by atoms with Crippen LogP contribution in [0.3, 0.4) is 0 Å². The maximum atomic E-state index is 5.92. The van der Waals surface area contributed by atoms with E-state index in [1.807, 2.05) is 22.9 Å². The van der Waals surface area contributed by atoms with E-state index < -0.39 is 0 Å². The number of benzene rings is 1. The van der Waals surface area contributed by atoms with Crippen molar-refractivity contribution in [2.24, 2.45) is 5.92 Å². The highest BCUT2D eigenvalue weighted by atomic mass is 35.5. The van der Waals surface area contributed by atoms with Gasteiger partial charge in [0.05, 0.1) is 5.52 Å². The number of hydrogen-bond acceptors (Lipinski definition) is 1. The van der Waals surface area contributed by atoms with Crippen molar-refractivity contribution >= 4 is 22.5 Å². The van der Waals surface area contributed by atoms with Crippen LogP contribution in [-0.4, -0.2) is 9.78 Å². The van der Waals surface area contributed by atoms with Gasteiger partial charge in [-0.05, 0) is 37.0 Å². The Bertz CT molecular complexity index is 474. The van der Waals surface area contributed by atoms with Crippen molar-refractivity contribution in [2.45, 2.75) is 33.2 Å². The Balaban J connectivity index is 2.08. The van der Waals surface area contributed by atoms with Gasteiger partial charge in [0.1, 0.15) is 0 Å². The summed E-state index contributed by atoms with van der Waals surface area (Å²) in [6, 6.07) is 5.84. The van der Waals surface area contributed by atoms with Crippen molar-refractivity contribution in [3.8, 4) is 0 Å². The first-order chi connectivity index (χ1) is 7.65. The molecule has 0 aliphatic heterocycles. The quantitative estimate of drug-likeness (QED) is 0.781. The first-order valence-corrected chi connectivity index (χ1v) is 6.15. The summed E-state index contributed by atoms with van der Waals surface area (Å²) in [4.78, 5) is 0. The van der Waals surface area contributed by atoms with Gasteiger partial charge >= 0.3 is 0 Å². The van der Waals surface area contributed by atoms with E-state index in [2.05, 4.69) is 25.1 Å². The molecule has 0 radical (unpaired) electrons. The van der Waals surface area contributed by atoms with Crippen molar-refractivity contribution in [3.05, 3.63) is 29.4 Å². The van der Waals surface area contributed by atoms with Crippen molar-refractivity contribution in [1.82, 2.24) is 9.78 Å². The van der Waals surface area contributed by atoms with Gasteiger partial charge in [-0.15, -0.1) is 0 Å². The zero-order valence-corrected chi connectivity index (χ0v) is 10.5. The number of halogens is 1. The zero-order valence-electron chi connectivity index (χ0n) is 9.78. The summed E-state index contributed by atoms with van der Waals surface area (Å²) in [6.45, 7) is 5.49. The van der Waals surface area contributed by atoms with E-state index in [0.717, 1.165) is 28.4 Å². The van der Waals surface area contributed by atoms with Crippen LogP contribution in [0.25, 0.3) is 10.9 Å². The fourth-order valence-corrected chi connectivity index (χ4v) is 1.98. The van der Waals surface area contributed by atoms with Gasteiger partial charge in [-0.25, -0.2) is 0 Å². The minimum Gasteiger partial charge on any atom is -0.272 e. The smallest absolute Gasteiger partial charge is 0.0938 e. The molecule has 16 heavy (non-hydrogen) atoms. The predicted octanol–water partition coefficient (Wildman–Crippen LogP) is 4.13. The van der Waals surface area contributed by atoms with E-state index in [1.165, 1.54) is 12.8 Å². The highest BCUT2D eigenvalue weighted by molar-refractivity contribution is 6.31. The second kappa shape index (κ2) is 4.88. The lowest BCUT2D eigenvalue weighted by atomic mass is 10.1. The van der Waals surface area contributed by atoms with E-state index in [0.29, 0.717) is 0 Å². The summed E-state index contributed by atoms with van der Waals surface area (Å²) < 4.78 is 2.02. The highest BCUT2D eigenvalue weighted by Crippen LogP contribution is 2.18. The van der Waals surface area contributed by atoms with Crippen LogP contribution in [0.4, 0.5) is 0 Å². The van der Waals surface area contributed by atoms with Gasteiger partial charge in [0.2, 0.25) is 0 Å². The Labute approximate surface area is 101 Å². The second-order valence-corrected chi connectivity index (χ2v) is 5.07. The first kappa shape index (κ1) is 11.5. The van der Waals surface area contributed by atoms with Gasteiger partial charge in [-0.3, -0.25) is 4.68 Å². The number of hydrogen-bond donors (Lipinski definition) is 0. The van der Waals surface area contributed by atoms with Gasteiger partial charge in [-0.2, -0.15) is 5.10 Å². The summed E-state index contributed by atoms with van der Waals surface area (Å²) in [6.07, 6.45) is 4.52. The molecule has 0 amide bonds. The van der Waals surface area contributed by atoms with Crippen LogP contribution < -0.4 is 0 Å². The molecule has 0 aliphatic carbocycles. The number of fused-ring (bicyclic) bond motifs is 1. The third-order valence-electron chi connectivity index (χ3n) is 2.69. The molecule has 1 aromatic carbocycles. The van der Waals surface area contributed by atoms with Crippen LogP contribution in [-0.2, 0) is 6.54 Å². The summed E-state index contributed by atoms with van der Waals surface area (Å²) >= 11 is 5.92. The molecule has 0 spiro atoms. The van der Waals surface area contributed by atoms with E-state index in [-0.39, 0.29) is 0 Å². The molecular formula is C13H17ClN2. The normalized spacial score (nSPS) is 11.5. The Kier molecular flexibility index (Phi) is 3.49. The lowest BCUT2D eigenvalue weighted by Gasteiger charge is -2.03. The van der Waals surface area contributed by atoms with Crippen molar-refractivity contribution < 1.29 is 0 Å². The Morgan fingerprint density at radius 2 is 2.19 bits per heavy atom. The molecule has 0 fully saturated rings. The molecule has 2 nitrogen and oxygen atoms in total. The maximum Gasteiger partial charge on any atom is 0.0938 e. The van der Waals surface area contributed by atoms with E-state index in [4.69, 9.17) is 11.6 Å². The Morgan fingerprint density at radius 3 is 2.94 bits per heavy atom. The Morgan fingerprint density at radius 1 is 1.38 bits per heavy atom. The summed E-state index contributed by atoms with van der Waals surface area (Å²) in [5.41, 5.74) is 0.983. The molecule has 0 saturated carbocycles. The van der Waals surface area contributed by atoms with Crippen LogP contribution in [0.2, 0.25) is 5.02 Å². The van der Waals surface area contributed by atoms with Crippen LogP contribution in [0.15, 0.2) is 24.4 Å². The van der Waals surface area contributed by atoms with Crippen molar-refractivity contribution in [2.75, 3.05) is 0 Å². The molecule has 0 unspecified atom stereocenters. The fourth-order valence-electron chi connectivity index (χ4n) is 1.82. The van der Waals surface area contributed by atoms with Gasteiger partial charge in [0, 0.05) is 23.2 Å². The fraction of sp³-hybridized carbons (Fsp3) is 0.462. The van der Waals surface area contributed by atoms with E-state index in [1.54, 1.807) is 0 Å². The molecule has 1 aromatic heterocycles. The number of rotatable bonds is 4. The number of aryl methyl sites for hydroxylation is 1. The molecule has 0 saturated heterocycles. The average molecular weight is 237 g/mol.